The van der Waals surface area contributed by atoms with Crippen LogP contribution in [0.2, 0.25) is 0 Å². The number of hydrogen-bond acceptors (Lipinski definition) is 6. The summed E-state index contributed by atoms with van der Waals surface area (Å²) < 4.78 is 7.28. The van der Waals surface area contributed by atoms with E-state index in [4.69, 9.17) is 10.2 Å². The highest BCUT2D eigenvalue weighted by molar-refractivity contribution is 7.17. The molecule has 0 amide bonds. The van der Waals surface area contributed by atoms with E-state index < -0.39 is 0 Å². The van der Waals surface area contributed by atoms with Gasteiger partial charge in [0, 0.05) is 64.2 Å². The summed E-state index contributed by atoms with van der Waals surface area (Å²) in [7, 11) is 0. The molecule has 0 fully saturated rings. The van der Waals surface area contributed by atoms with E-state index in [1.807, 2.05) is 31.5 Å². The standard InChI is InChI=1S/C21H20N4OS/c1-4-23-8-15(12(2)3)16-9-25-21(22)20-14(16)7-18(26-20)17-11-27-19-10-24-6-5-13(17)19/h5-11H,4H2,1-3H3,(H2,22,25)/b23-8-. The van der Waals surface area contributed by atoms with Gasteiger partial charge in [0.2, 0.25) is 0 Å². The molecule has 0 saturated heterocycles. The van der Waals surface area contributed by atoms with Gasteiger partial charge in [-0.3, -0.25) is 9.98 Å². The predicted molar refractivity (Wildman–Crippen MR) is 114 cm³/mol. The Kier molecular flexibility index (Phi) is 4.49. The third-order valence-corrected chi connectivity index (χ3v) is 5.40. The van der Waals surface area contributed by atoms with Gasteiger partial charge in [-0.25, -0.2) is 4.98 Å². The van der Waals surface area contributed by atoms with Gasteiger partial charge in [-0.15, -0.1) is 11.3 Å². The van der Waals surface area contributed by atoms with Gasteiger partial charge in [0.25, 0.3) is 0 Å². The van der Waals surface area contributed by atoms with Crippen molar-refractivity contribution in [2.75, 3.05) is 12.3 Å². The Morgan fingerprint density at radius 2 is 2.15 bits per heavy atom. The van der Waals surface area contributed by atoms with Gasteiger partial charge in [0.1, 0.15) is 5.76 Å². The molecule has 5 nitrogen and oxygen atoms in total. The molecule has 0 aliphatic rings. The highest BCUT2D eigenvalue weighted by Gasteiger charge is 2.17. The first-order valence-electron chi connectivity index (χ1n) is 8.77. The minimum absolute atomic E-state index is 0.390. The highest BCUT2D eigenvalue weighted by Crippen LogP contribution is 2.39. The molecule has 4 aromatic rings. The van der Waals surface area contributed by atoms with Crippen LogP contribution in [-0.4, -0.2) is 22.7 Å². The largest absolute Gasteiger partial charge is 0.452 e. The molecule has 136 valence electrons. The van der Waals surface area contributed by atoms with Crippen molar-refractivity contribution >= 4 is 50.0 Å². The molecule has 0 spiro atoms. The first kappa shape index (κ1) is 17.4. The molecule has 0 aliphatic carbocycles. The molecule has 6 heteroatoms. The zero-order valence-electron chi connectivity index (χ0n) is 15.5. The van der Waals surface area contributed by atoms with Gasteiger partial charge in [0.15, 0.2) is 11.4 Å². The number of nitrogen functional groups attached to an aromatic ring is 1. The van der Waals surface area contributed by atoms with Crippen LogP contribution in [-0.2, 0) is 0 Å². The quantitative estimate of drug-likeness (QED) is 0.472. The molecular formula is C21H20N4OS. The summed E-state index contributed by atoms with van der Waals surface area (Å²) >= 11 is 1.65. The second-order valence-corrected chi connectivity index (χ2v) is 7.38. The zero-order chi connectivity index (χ0) is 19.0. The van der Waals surface area contributed by atoms with Gasteiger partial charge in [-0.1, -0.05) is 5.57 Å². The molecule has 0 atom stereocenters. The molecule has 0 saturated carbocycles. The van der Waals surface area contributed by atoms with Crippen LogP contribution >= 0.6 is 11.3 Å². The van der Waals surface area contributed by atoms with Crippen molar-refractivity contribution in [1.82, 2.24) is 9.97 Å². The SMILES string of the molecule is CC/N=C\C(=C(C)C)c1cnc(N)c2oc(-c3csc4cnccc34)cc12. The molecule has 4 rings (SSSR count). The monoisotopic (exact) mass is 376 g/mol. The smallest absolute Gasteiger partial charge is 0.177 e. The topological polar surface area (TPSA) is 77.3 Å². The van der Waals surface area contributed by atoms with Crippen LogP contribution in [0.1, 0.15) is 26.3 Å². The molecule has 0 aromatic carbocycles. The minimum atomic E-state index is 0.390. The van der Waals surface area contributed by atoms with E-state index in [0.717, 1.165) is 50.1 Å². The van der Waals surface area contributed by atoms with Crippen LogP contribution < -0.4 is 5.73 Å². The number of thiophene rings is 1. The van der Waals surface area contributed by atoms with E-state index in [1.54, 1.807) is 23.7 Å². The van der Waals surface area contributed by atoms with Crippen molar-refractivity contribution in [1.29, 1.82) is 0 Å². The van der Waals surface area contributed by atoms with Crippen LogP contribution in [0.3, 0.4) is 0 Å². The summed E-state index contributed by atoms with van der Waals surface area (Å²) in [5.74, 6) is 1.17. The summed E-state index contributed by atoms with van der Waals surface area (Å²) in [6.07, 6.45) is 7.37. The normalized spacial score (nSPS) is 11.7. The first-order chi connectivity index (χ1) is 13.1. The number of rotatable bonds is 4. The Hall–Kier alpha value is -2.99. The molecular weight excluding hydrogens is 356 g/mol. The van der Waals surface area contributed by atoms with Crippen LogP contribution in [0.15, 0.2) is 51.1 Å². The fourth-order valence-electron chi connectivity index (χ4n) is 3.11. The maximum Gasteiger partial charge on any atom is 0.177 e. The van der Waals surface area contributed by atoms with Gasteiger partial charge >= 0.3 is 0 Å². The fourth-order valence-corrected chi connectivity index (χ4v) is 4.03. The lowest BCUT2D eigenvalue weighted by Crippen LogP contribution is -1.96. The number of pyridine rings is 2. The summed E-state index contributed by atoms with van der Waals surface area (Å²) in [6.45, 7) is 6.88. The summed E-state index contributed by atoms with van der Waals surface area (Å²) in [5.41, 5.74) is 11.0. The minimum Gasteiger partial charge on any atom is -0.452 e. The van der Waals surface area contributed by atoms with E-state index in [0.29, 0.717) is 11.4 Å². The number of furan rings is 1. The van der Waals surface area contributed by atoms with Gasteiger partial charge in [-0.05, 0) is 32.9 Å². The molecule has 0 radical (unpaired) electrons. The molecule has 0 aliphatic heterocycles. The van der Waals surface area contributed by atoms with Crippen molar-refractivity contribution in [3.63, 3.8) is 0 Å². The summed E-state index contributed by atoms with van der Waals surface area (Å²) in [6, 6.07) is 4.06. The third-order valence-electron chi connectivity index (χ3n) is 4.46. The molecule has 27 heavy (non-hydrogen) atoms. The average Bonchev–Trinajstić information content (AvgIpc) is 3.28. The Labute approximate surface area is 161 Å². The number of aliphatic imine (C=N–C) groups is 1. The zero-order valence-corrected chi connectivity index (χ0v) is 16.3. The maximum absolute atomic E-state index is 6.16. The van der Waals surface area contributed by atoms with Crippen LogP contribution in [0.25, 0.3) is 38.0 Å². The second kappa shape index (κ2) is 6.96. The Balaban J connectivity index is 1.96. The molecule has 0 bridgehead atoms. The number of aromatic nitrogens is 2. The van der Waals surface area contributed by atoms with E-state index in [-0.39, 0.29) is 0 Å². The van der Waals surface area contributed by atoms with E-state index in [1.165, 1.54) is 0 Å². The van der Waals surface area contributed by atoms with Crippen LogP contribution in [0, 0.1) is 0 Å². The maximum atomic E-state index is 6.16. The summed E-state index contributed by atoms with van der Waals surface area (Å²) in [4.78, 5) is 13.0. The van der Waals surface area contributed by atoms with Crippen molar-refractivity contribution in [3.8, 4) is 11.3 Å². The fraction of sp³-hybridized carbons (Fsp3) is 0.190. The lowest BCUT2D eigenvalue weighted by atomic mass is 10.0. The lowest BCUT2D eigenvalue weighted by Gasteiger charge is -2.07. The number of fused-ring (bicyclic) bond motifs is 2. The molecule has 4 aromatic heterocycles. The highest BCUT2D eigenvalue weighted by atomic mass is 32.1. The number of anilines is 1. The van der Waals surface area contributed by atoms with Crippen molar-refractivity contribution < 1.29 is 4.42 Å². The van der Waals surface area contributed by atoms with Gasteiger partial charge in [0.05, 0.1) is 4.70 Å². The van der Waals surface area contributed by atoms with E-state index >= 15 is 0 Å². The van der Waals surface area contributed by atoms with E-state index in [2.05, 4.69) is 34.2 Å². The van der Waals surface area contributed by atoms with Crippen molar-refractivity contribution in [3.05, 3.63) is 47.2 Å². The number of hydrogen-bond donors (Lipinski definition) is 1. The Bertz CT molecular complexity index is 1200. The summed E-state index contributed by atoms with van der Waals surface area (Å²) in [5, 5.41) is 4.16. The van der Waals surface area contributed by atoms with E-state index in [9.17, 15) is 0 Å². The second-order valence-electron chi connectivity index (χ2n) is 6.47. The Morgan fingerprint density at radius 3 is 2.93 bits per heavy atom. The molecule has 4 heterocycles. The average molecular weight is 376 g/mol. The van der Waals surface area contributed by atoms with Crippen molar-refractivity contribution in [2.45, 2.75) is 20.8 Å². The van der Waals surface area contributed by atoms with Crippen LogP contribution in [0.4, 0.5) is 5.82 Å². The van der Waals surface area contributed by atoms with Crippen LogP contribution in [0.5, 0.6) is 0 Å². The molecule has 0 unspecified atom stereocenters. The number of nitrogens with zero attached hydrogens (tertiary/aromatic N) is 3. The number of nitrogens with two attached hydrogens (primary N) is 1. The van der Waals surface area contributed by atoms with Gasteiger partial charge < -0.3 is 10.2 Å². The van der Waals surface area contributed by atoms with Crippen molar-refractivity contribution in [2.24, 2.45) is 4.99 Å². The number of allylic oxidation sites excluding steroid dienone is 2. The molecule has 2 N–H and O–H groups in total. The predicted octanol–water partition coefficient (Wildman–Crippen LogP) is 5.57. The van der Waals surface area contributed by atoms with Gasteiger partial charge in [-0.2, -0.15) is 0 Å². The third kappa shape index (κ3) is 3.02. The lowest BCUT2D eigenvalue weighted by molar-refractivity contribution is 0.632. The first-order valence-corrected chi connectivity index (χ1v) is 9.65. The Morgan fingerprint density at radius 1 is 1.30 bits per heavy atom.